The van der Waals surface area contributed by atoms with Crippen LogP contribution in [0.2, 0.25) is 0 Å². The smallest absolute Gasteiger partial charge is 0.462 e. The van der Waals surface area contributed by atoms with Crippen LogP contribution in [0, 0.1) is 0 Å². The number of hydrogen-bond acceptors (Lipinski definition) is 7. The zero-order chi connectivity index (χ0) is 40.5. The lowest BCUT2D eigenvalue weighted by atomic mass is 10.0. The molecule has 10 heteroatoms. The summed E-state index contributed by atoms with van der Waals surface area (Å²) in [5, 5.41) is 10.1. The van der Waals surface area contributed by atoms with E-state index in [1.54, 1.807) is 24.3 Å². The molecular weight excluding hydrogens is 715 g/mol. The highest BCUT2D eigenvalue weighted by atomic mass is 31.2. The third-order valence-electron chi connectivity index (χ3n) is 8.83. The number of allylic oxidation sites excluding steroid dienone is 10. The van der Waals surface area contributed by atoms with E-state index in [1.165, 1.54) is 83.5 Å². The van der Waals surface area contributed by atoms with Crippen LogP contribution in [0.25, 0.3) is 0 Å². The summed E-state index contributed by atoms with van der Waals surface area (Å²) < 4.78 is 26.3. The average Bonchev–Trinajstić information content (AvgIpc) is 3.15. The Hall–Kier alpha value is -2.55. The van der Waals surface area contributed by atoms with Crippen molar-refractivity contribution in [2.75, 3.05) is 13.2 Å². The molecule has 316 valence electrons. The molecule has 0 fully saturated rings. The van der Waals surface area contributed by atoms with Crippen LogP contribution in [0.1, 0.15) is 174 Å². The quantitative estimate of drug-likeness (QED) is 0.0183. The molecule has 55 heavy (non-hydrogen) atoms. The predicted molar refractivity (Wildman–Crippen MR) is 226 cm³/mol. The molecular formula is C45H77O9P. The van der Waals surface area contributed by atoms with E-state index < -0.39 is 38.6 Å². The highest BCUT2D eigenvalue weighted by molar-refractivity contribution is 7.46. The van der Waals surface area contributed by atoms with Crippen LogP contribution < -0.4 is 0 Å². The zero-order valence-electron chi connectivity index (χ0n) is 34.4. The largest absolute Gasteiger partial charge is 0.469 e. The number of carbonyl (C=O) groups is 2. The predicted octanol–water partition coefficient (Wildman–Crippen LogP) is 12.0. The first kappa shape index (κ1) is 52.5. The first-order valence-electron chi connectivity index (χ1n) is 21.3. The molecule has 3 N–H and O–H groups in total. The van der Waals surface area contributed by atoms with Gasteiger partial charge in [-0.25, -0.2) is 4.57 Å². The number of phosphoric acid groups is 1. The number of hydrogen-bond donors (Lipinski definition) is 3. The Kier molecular flexibility index (Phi) is 37.8. The molecule has 0 bridgehead atoms. The van der Waals surface area contributed by atoms with Crippen LogP contribution in [-0.2, 0) is 28.2 Å². The van der Waals surface area contributed by atoms with Crippen LogP contribution in [0.5, 0.6) is 0 Å². The van der Waals surface area contributed by atoms with Gasteiger partial charge in [0.25, 0.3) is 0 Å². The third kappa shape index (κ3) is 42.4. The van der Waals surface area contributed by atoms with Crippen LogP contribution in [0.3, 0.4) is 0 Å². The number of aliphatic hydroxyl groups is 1. The molecule has 0 saturated heterocycles. The Balaban J connectivity index is 4.13. The van der Waals surface area contributed by atoms with Gasteiger partial charge in [-0.1, -0.05) is 189 Å². The Bertz CT molecular complexity index is 1140. The van der Waals surface area contributed by atoms with Crippen molar-refractivity contribution >= 4 is 19.8 Å². The lowest BCUT2D eigenvalue weighted by molar-refractivity contribution is -0.161. The van der Waals surface area contributed by atoms with Crippen molar-refractivity contribution in [1.82, 2.24) is 0 Å². The van der Waals surface area contributed by atoms with Crippen LogP contribution in [0.15, 0.2) is 72.9 Å². The number of aliphatic hydroxyl groups excluding tert-OH is 1. The van der Waals surface area contributed by atoms with Crippen molar-refractivity contribution in [3.8, 4) is 0 Å². The number of rotatable bonds is 38. The molecule has 0 spiro atoms. The first-order chi connectivity index (χ1) is 26.7. The van der Waals surface area contributed by atoms with Gasteiger partial charge in [0, 0.05) is 12.8 Å². The lowest BCUT2D eigenvalue weighted by Crippen LogP contribution is -2.29. The Morgan fingerprint density at radius 3 is 1.62 bits per heavy atom. The fourth-order valence-corrected chi connectivity index (χ4v) is 6.02. The van der Waals surface area contributed by atoms with Crippen molar-refractivity contribution in [2.45, 2.75) is 187 Å². The summed E-state index contributed by atoms with van der Waals surface area (Å²) in [7, 11) is -4.81. The van der Waals surface area contributed by atoms with Gasteiger partial charge in [-0.2, -0.15) is 0 Å². The van der Waals surface area contributed by atoms with Gasteiger partial charge in [0.15, 0.2) is 6.10 Å². The second-order valence-electron chi connectivity index (χ2n) is 14.1. The van der Waals surface area contributed by atoms with Crippen LogP contribution in [-0.4, -0.2) is 52.3 Å². The first-order valence-corrected chi connectivity index (χ1v) is 22.9. The van der Waals surface area contributed by atoms with Crippen molar-refractivity contribution < 1.29 is 43.0 Å². The summed E-state index contributed by atoms with van der Waals surface area (Å²) in [6.45, 7) is 3.43. The Labute approximate surface area is 334 Å². The molecule has 0 aromatic rings. The minimum absolute atomic E-state index is 0.00397. The summed E-state index contributed by atoms with van der Waals surface area (Å²) in [5.41, 5.74) is 0. The summed E-state index contributed by atoms with van der Waals surface area (Å²) in [4.78, 5) is 42.8. The molecule has 0 rings (SSSR count). The van der Waals surface area contributed by atoms with E-state index in [1.807, 2.05) is 12.2 Å². The minimum atomic E-state index is -4.81. The number of carbonyl (C=O) groups excluding carboxylic acids is 2. The average molecular weight is 793 g/mol. The molecule has 9 nitrogen and oxygen atoms in total. The number of unbranched alkanes of at least 4 members (excludes halogenated alkanes) is 16. The summed E-state index contributed by atoms with van der Waals surface area (Å²) in [6.07, 6.45) is 48.0. The van der Waals surface area contributed by atoms with E-state index in [9.17, 15) is 19.3 Å². The SMILES string of the molecule is CC/C=C\C/C=C\C/C=C\C/C=C\C=C/C(O)C/C=C\CCC(=O)O[C@H](COC(=O)CCCCCCCCCCCCCCCCCCC)COP(=O)(O)O. The molecule has 0 amide bonds. The molecule has 0 aromatic carbocycles. The maximum absolute atomic E-state index is 12.4. The molecule has 0 aliphatic rings. The lowest BCUT2D eigenvalue weighted by Gasteiger charge is -2.18. The molecule has 0 aliphatic carbocycles. The normalized spacial score (nSPS) is 13.8. The topological polar surface area (TPSA) is 140 Å². The van der Waals surface area contributed by atoms with Gasteiger partial charge in [0.05, 0.1) is 12.7 Å². The van der Waals surface area contributed by atoms with E-state index in [-0.39, 0.29) is 19.4 Å². The highest BCUT2D eigenvalue weighted by Gasteiger charge is 2.22. The van der Waals surface area contributed by atoms with Crippen LogP contribution >= 0.6 is 7.82 Å². The van der Waals surface area contributed by atoms with E-state index in [0.717, 1.165) is 44.9 Å². The molecule has 0 aromatic heterocycles. The van der Waals surface area contributed by atoms with Gasteiger partial charge in [-0.15, -0.1) is 0 Å². The standard InChI is InChI=1S/C45H77O9P/c1-3-5-7-9-11-13-15-17-18-19-20-22-24-26-28-30-34-38-44(47)52-40-43(41-53-55(49,50)51)54-45(48)39-35-31-33-37-42(46)36-32-29-27-25-23-21-16-14-12-10-8-6-4-2/h6,8,12,14,21,23,27,29,31-33,36,42-43,46H,3-5,7,9-11,13,15-20,22,24-26,28,30,34-35,37-41H2,1-2H3,(H2,49,50,51)/b8-6-,14-12-,23-21-,29-27-,33-31-,36-32-/t42?,43-/m1/s1. The zero-order valence-corrected chi connectivity index (χ0v) is 35.3. The van der Waals surface area contributed by atoms with Gasteiger partial charge in [-0.3, -0.25) is 14.1 Å². The van der Waals surface area contributed by atoms with Gasteiger partial charge in [0.1, 0.15) is 6.61 Å². The molecule has 0 aliphatic heterocycles. The highest BCUT2D eigenvalue weighted by Crippen LogP contribution is 2.36. The van der Waals surface area contributed by atoms with E-state index >= 15 is 0 Å². The number of phosphoric ester groups is 1. The van der Waals surface area contributed by atoms with Crippen molar-refractivity contribution in [1.29, 1.82) is 0 Å². The third-order valence-corrected chi connectivity index (χ3v) is 9.32. The van der Waals surface area contributed by atoms with Crippen molar-refractivity contribution in [3.63, 3.8) is 0 Å². The van der Waals surface area contributed by atoms with Crippen LogP contribution in [0.4, 0.5) is 0 Å². The van der Waals surface area contributed by atoms with E-state index in [2.05, 4.69) is 54.8 Å². The van der Waals surface area contributed by atoms with Gasteiger partial charge >= 0.3 is 19.8 Å². The monoisotopic (exact) mass is 793 g/mol. The Morgan fingerprint density at radius 2 is 1.09 bits per heavy atom. The maximum atomic E-state index is 12.4. The molecule has 0 radical (unpaired) electrons. The van der Waals surface area contributed by atoms with E-state index in [0.29, 0.717) is 19.3 Å². The van der Waals surface area contributed by atoms with E-state index in [4.69, 9.17) is 19.3 Å². The second-order valence-corrected chi connectivity index (χ2v) is 15.4. The van der Waals surface area contributed by atoms with Gasteiger partial charge in [0.2, 0.25) is 0 Å². The molecule has 2 atom stereocenters. The van der Waals surface area contributed by atoms with Gasteiger partial charge in [-0.05, 0) is 44.9 Å². The fourth-order valence-electron chi connectivity index (χ4n) is 5.66. The number of esters is 2. The van der Waals surface area contributed by atoms with Crippen molar-refractivity contribution in [2.24, 2.45) is 0 Å². The number of ether oxygens (including phenoxy) is 2. The summed E-state index contributed by atoms with van der Waals surface area (Å²) >= 11 is 0. The van der Waals surface area contributed by atoms with Gasteiger partial charge < -0.3 is 24.4 Å². The van der Waals surface area contributed by atoms with Crippen molar-refractivity contribution in [3.05, 3.63) is 72.9 Å². The minimum Gasteiger partial charge on any atom is -0.462 e. The summed E-state index contributed by atoms with van der Waals surface area (Å²) in [6, 6.07) is 0. The fraction of sp³-hybridized carbons (Fsp3) is 0.689. The molecule has 1 unspecified atom stereocenters. The summed E-state index contributed by atoms with van der Waals surface area (Å²) in [5.74, 6) is -1.07. The molecule has 0 heterocycles. The Morgan fingerprint density at radius 1 is 0.582 bits per heavy atom. The molecule has 0 saturated carbocycles. The second kappa shape index (κ2) is 39.7. The maximum Gasteiger partial charge on any atom is 0.469 e.